The maximum atomic E-state index is 14.3. The molecule has 0 spiro atoms. The maximum Gasteiger partial charge on any atom is 0.418 e. The predicted octanol–water partition coefficient (Wildman–Crippen LogP) is -0.718. The van der Waals surface area contributed by atoms with Crippen molar-refractivity contribution in [2.75, 3.05) is 26.7 Å². The summed E-state index contributed by atoms with van der Waals surface area (Å²) in [6, 6.07) is -4.77. The highest BCUT2D eigenvalue weighted by Gasteiger charge is 2.62. The van der Waals surface area contributed by atoms with Crippen molar-refractivity contribution in [3.8, 4) is 0 Å². The van der Waals surface area contributed by atoms with Crippen LogP contribution in [0.2, 0.25) is 0 Å². The van der Waals surface area contributed by atoms with Crippen LogP contribution in [0.25, 0.3) is 0 Å². The van der Waals surface area contributed by atoms with Gasteiger partial charge in [0.05, 0.1) is 13.2 Å². The summed E-state index contributed by atoms with van der Waals surface area (Å²) in [5.74, 6) is -4.56. The fraction of sp³-hybridized carbons (Fsp3) is 0.846. The van der Waals surface area contributed by atoms with Crippen LogP contribution < -0.4 is 10.8 Å². The number of hydrogen-bond acceptors (Lipinski definition) is 7. The molecule has 27 heavy (non-hydrogen) atoms. The first-order valence-electron chi connectivity index (χ1n) is 8.19. The normalized spacial score (nSPS) is 28.4. The van der Waals surface area contributed by atoms with Crippen LogP contribution in [0, 0.1) is 5.41 Å². The molecule has 1 aliphatic carbocycles. The van der Waals surface area contributed by atoms with Gasteiger partial charge in [-0.15, -0.1) is 4.28 Å². The highest BCUT2D eigenvalue weighted by Crippen LogP contribution is 2.45. The number of rotatable bonds is 8. The zero-order chi connectivity index (χ0) is 20.0. The third-order valence-corrected chi connectivity index (χ3v) is 5.30. The third kappa shape index (κ3) is 4.13. The Balaban J connectivity index is 1.65. The smallest absolute Gasteiger partial charge is 0.319 e. The number of nitrogens with one attached hydrogen (secondary N) is 2. The van der Waals surface area contributed by atoms with Crippen molar-refractivity contribution in [1.82, 2.24) is 20.8 Å². The minimum absolute atomic E-state index is 0.104. The first-order chi connectivity index (χ1) is 12.5. The fourth-order valence-corrected chi connectivity index (χ4v) is 3.71. The van der Waals surface area contributed by atoms with E-state index in [2.05, 4.69) is 15.1 Å². The van der Waals surface area contributed by atoms with E-state index in [1.165, 1.54) is 0 Å². The molecule has 2 saturated heterocycles. The molecule has 2 unspecified atom stereocenters. The summed E-state index contributed by atoms with van der Waals surface area (Å²) in [7, 11) is -3.41. The van der Waals surface area contributed by atoms with Gasteiger partial charge in [-0.3, -0.25) is 14.2 Å². The molecule has 11 nitrogen and oxygen atoms in total. The van der Waals surface area contributed by atoms with Gasteiger partial charge in [0.15, 0.2) is 0 Å². The lowest BCUT2D eigenvalue weighted by Gasteiger charge is -2.34. The van der Waals surface area contributed by atoms with Gasteiger partial charge >= 0.3 is 16.4 Å². The van der Waals surface area contributed by atoms with Crippen molar-refractivity contribution in [2.24, 2.45) is 5.41 Å². The van der Waals surface area contributed by atoms with Gasteiger partial charge in [-0.25, -0.2) is 19.1 Å². The molecule has 3 N–H and O–H groups in total. The van der Waals surface area contributed by atoms with Gasteiger partial charge in [-0.1, -0.05) is 0 Å². The maximum absolute atomic E-state index is 14.3. The third-order valence-electron chi connectivity index (χ3n) is 4.95. The van der Waals surface area contributed by atoms with E-state index < -0.39 is 53.3 Å². The van der Waals surface area contributed by atoms with Crippen molar-refractivity contribution < 1.29 is 40.5 Å². The van der Waals surface area contributed by atoms with Crippen LogP contribution in [0.1, 0.15) is 19.3 Å². The zero-order valence-corrected chi connectivity index (χ0v) is 15.2. The van der Waals surface area contributed by atoms with E-state index in [0.717, 1.165) is 17.7 Å². The lowest BCUT2D eigenvalue weighted by molar-refractivity contribution is -0.160. The largest absolute Gasteiger partial charge is 0.418 e. The molecule has 2 atom stereocenters. The molecule has 1 saturated carbocycles. The molecule has 0 radical (unpaired) electrons. The van der Waals surface area contributed by atoms with Crippen LogP contribution in [-0.4, -0.2) is 79.6 Å². The van der Waals surface area contributed by atoms with E-state index in [9.17, 15) is 26.8 Å². The van der Waals surface area contributed by atoms with Gasteiger partial charge in [-0.2, -0.15) is 13.5 Å². The lowest BCUT2D eigenvalue weighted by atomic mass is 9.96. The van der Waals surface area contributed by atoms with Crippen molar-refractivity contribution in [3.05, 3.63) is 0 Å². The van der Waals surface area contributed by atoms with Crippen molar-refractivity contribution in [3.63, 3.8) is 0 Å². The number of carbonyl (C=O) groups is 2. The fourth-order valence-electron chi connectivity index (χ4n) is 3.34. The van der Waals surface area contributed by atoms with Crippen molar-refractivity contribution in [2.45, 2.75) is 37.3 Å². The Bertz CT molecular complexity index is 730. The summed E-state index contributed by atoms with van der Waals surface area (Å²) < 4.78 is 62.9. The zero-order valence-electron chi connectivity index (χ0n) is 14.4. The van der Waals surface area contributed by atoms with Crippen LogP contribution in [-0.2, 0) is 24.3 Å². The minimum atomic E-state index is -5.18. The quantitative estimate of drug-likeness (QED) is 0.350. The van der Waals surface area contributed by atoms with E-state index in [1.54, 1.807) is 7.05 Å². The van der Waals surface area contributed by atoms with Gasteiger partial charge in [0.1, 0.15) is 12.1 Å². The van der Waals surface area contributed by atoms with Gasteiger partial charge in [0, 0.05) is 18.4 Å². The summed E-state index contributed by atoms with van der Waals surface area (Å²) in [5.41, 5.74) is 1.99. The van der Waals surface area contributed by atoms with Gasteiger partial charge < -0.3 is 10.2 Å². The molecule has 2 aliphatic heterocycles. The molecule has 0 aromatic heterocycles. The van der Waals surface area contributed by atoms with Gasteiger partial charge in [0.2, 0.25) is 0 Å². The Morgan fingerprint density at radius 2 is 2.07 bits per heavy atom. The molecule has 3 rings (SSSR count). The predicted molar refractivity (Wildman–Crippen MR) is 83.4 cm³/mol. The second-order valence-corrected chi connectivity index (χ2v) is 8.05. The molecule has 2 bridgehead atoms. The Hall–Kier alpha value is -1.61. The first kappa shape index (κ1) is 20.1. The number of urea groups is 1. The molecule has 3 fully saturated rings. The van der Waals surface area contributed by atoms with E-state index >= 15 is 0 Å². The molecule has 14 heteroatoms. The molecule has 3 aliphatic rings. The number of fused-ring (bicyclic) bond motifs is 2. The van der Waals surface area contributed by atoms with Crippen LogP contribution in [0.3, 0.4) is 0 Å². The van der Waals surface area contributed by atoms with Crippen molar-refractivity contribution in [1.29, 1.82) is 0 Å². The SMILES string of the molecule is CNCC1(CONC(=O)C2CC(F)(F)C3CN2C(=O)N3OS(=O)(=O)O)CC1. The molecular formula is C13H20F2N4O7S. The molecule has 0 aromatic carbocycles. The number of hydroxylamine groups is 3. The van der Waals surface area contributed by atoms with Crippen LogP contribution in [0.4, 0.5) is 13.6 Å². The molecule has 0 aromatic rings. The number of amides is 3. The first-order valence-corrected chi connectivity index (χ1v) is 9.55. The molecular weight excluding hydrogens is 394 g/mol. The number of halogens is 2. The van der Waals surface area contributed by atoms with Crippen molar-refractivity contribution >= 4 is 22.3 Å². The Morgan fingerprint density at radius 3 is 2.63 bits per heavy atom. The second-order valence-electron chi connectivity index (χ2n) is 7.05. The lowest BCUT2D eigenvalue weighted by Crippen LogP contribution is -2.56. The number of hydrogen-bond donors (Lipinski definition) is 3. The standard InChI is InChI=1S/C13H20F2N4O7S/c1-16-6-12(2-3-12)7-25-17-10(20)8-4-13(14,15)9-5-18(8)11(21)19(9)26-27(22,23)24/h8-9,16H,2-7H2,1H3,(H,17,20)(H,22,23,24). The highest BCUT2D eigenvalue weighted by atomic mass is 32.3. The summed E-state index contributed by atoms with van der Waals surface area (Å²) in [4.78, 5) is 30.4. The van der Waals surface area contributed by atoms with E-state index in [0.29, 0.717) is 6.54 Å². The number of nitrogens with zero attached hydrogens (tertiary/aromatic N) is 2. The van der Waals surface area contributed by atoms with Crippen LogP contribution in [0.5, 0.6) is 0 Å². The number of piperidine rings is 1. The number of carbonyl (C=O) groups excluding carboxylic acids is 2. The van der Waals surface area contributed by atoms with E-state index in [-0.39, 0.29) is 17.1 Å². The summed E-state index contributed by atoms with van der Waals surface area (Å²) >= 11 is 0. The van der Waals surface area contributed by atoms with Crippen LogP contribution in [0.15, 0.2) is 0 Å². The molecule has 2 heterocycles. The van der Waals surface area contributed by atoms with E-state index in [4.69, 9.17) is 9.39 Å². The van der Waals surface area contributed by atoms with E-state index in [1.807, 2.05) is 0 Å². The second kappa shape index (κ2) is 6.77. The summed E-state index contributed by atoms with van der Waals surface area (Å²) in [6.45, 7) is 0.235. The minimum Gasteiger partial charge on any atom is -0.319 e. The highest BCUT2D eigenvalue weighted by molar-refractivity contribution is 7.80. The summed E-state index contributed by atoms with van der Waals surface area (Å²) in [6.07, 6.45) is 0.768. The summed E-state index contributed by atoms with van der Waals surface area (Å²) in [5, 5.41) is 2.88. The van der Waals surface area contributed by atoms with Gasteiger partial charge in [0.25, 0.3) is 11.8 Å². The Labute approximate surface area is 153 Å². The topological polar surface area (TPSA) is 138 Å². The number of alkyl halides is 2. The van der Waals surface area contributed by atoms with Crippen LogP contribution >= 0.6 is 0 Å². The average molecular weight is 414 g/mol. The monoisotopic (exact) mass is 414 g/mol. The Kier molecular flexibility index (Phi) is 5.05. The molecule has 154 valence electrons. The average Bonchev–Trinajstić information content (AvgIpc) is 3.24. The van der Waals surface area contributed by atoms with Gasteiger partial charge in [-0.05, 0) is 19.9 Å². The molecule has 3 amide bonds. The Morgan fingerprint density at radius 1 is 1.41 bits per heavy atom.